The highest BCUT2D eigenvalue weighted by Gasteiger charge is 2.20. The molecule has 124 valence electrons. The van der Waals surface area contributed by atoms with E-state index in [9.17, 15) is 4.79 Å². The molecule has 0 fully saturated rings. The van der Waals surface area contributed by atoms with Crippen LogP contribution in [0.5, 0.6) is 0 Å². The van der Waals surface area contributed by atoms with Crippen LogP contribution >= 0.6 is 11.6 Å². The van der Waals surface area contributed by atoms with Gasteiger partial charge in [-0.1, -0.05) is 38.8 Å². The minimum atomic E-state index is -0.357. The standard InChI is InChI=1S/C15H26ClN5O/c1-5-8-21(9-10(4)6-2)14-12(16)19-11(13(17)20-14)15(22)18-7-3/h10H,5-9H2,1-4H3,(H2,17,20)(H,18,22). The van der Waals surface area contributed by atoms with Crippen molar-refractivity contribution in [3.8, 4) is 0 Å². The van der Waals surface area contributed by atoms with Gasteiger partial charge in [-0.15, -0.1) is 0 Å². The molecule has 1 heterocycles. The lowest BCUT2D eigenvalue weighted by atomic mass is 10.1. The lowest BCUT2D eigenvalue weighted by molar-refractivity contribution is 0.0951. The number of halogens is 1. The normalized spacial score (nSPS) is 12.0. The van der Waals surface area contributed by atoms with E-state index in [-0.39, 0.29) is 22.6 Å². The number of amides is 1. The van der Waals surface area contributed by atoms with Gasteiger partial charge in [0, 0.05) is 19.6 Å². The quantitative estimate of drug-likeness (QED) is 0.767. The van der Waals surface area contributed by atoms with Crippen molar-refractivity contribution in [2.45, 2.75) is 40.5 Å². The van der Waals surface area contributed by atoms with Crippen LogP contribution in [0, 0.1) is 5.92 Å². The van der Waals surface area contributed by atoms with E-state index >= 15 is 0 Å². The predicted octanol–water partition coefficient (Wildman–Crippen LogP) is 2.72. The van der Waals surface area contributed by atoms with Crippen molar-refractivity contribution in [2.24, 2.45) is 5.92 Å². The molecular weight excluding hydrogens is 302 g/mol. The third-order valence-electron chi connectivity index (χ3n) is 3.44. The van der Waals surface area contributed by atoms with Gasteiger partial charge in [0.05, 0.1) is 0 Å². The van der Waals surface area contributed by atoms with Crippen LogP contribution in [0.4, 0.5) is 11.6 Å². The molecule has 0 aliphatic carbocycles. The van der Waals surface area contributed by atoms with E-state index in [0.29, 0.717) is 18.3 Å². The highest BCUT2D eigenvalue weighted by molar-refractivity contribution is 6.32. The van der Waals surface area contributed by atoms with Gasteiger partial charge in [-0.05, 0) is 19.3 Å². The van der Waals surface area contributed by atoms with E-state index in [4.69, 9.17) is 17.3 Å². The highest BCUT2D eigenvalue weighted by atomic mass is 35.5. The molecule has 1 aromatic heterocycles. The number of anilines is 2. The Labute approximate surface area is 137 Å². The number of aromatic nitrogens is 2. The van der Waals surface area contributed by atoms with Crippen molar-refractivity contribution in [2.75, 3.05) is 30.3 Å². The number of nitrogen functional groups attached to an aromatic ring is 1. The second-order valence-corrected chi connectivity index (χ2v) is 5.75. The fourth-order valence-corrected chi connectivity index (χ4v) is 2.34. The lowest BCUT2D eigenvalue weighted by Gasteiger charge is -2.27. The molecule has 7 heteroatoms. The van der Waals surface area contributed by atoms with E-state index in [1.54, 1.807) is 0 Å². The van der Waals surface area contributed by atoms with E-state index in [2.05, 4.69) is 41.0 Å². The molecule has 1 amide bonds. The summed E-state index contributed by atoms with van der Waals surface area (Å²) in [6.07, 6.45) is 2.03. The minimum Gasteiger partial charge on any atom is -0.382 e. The van der Waals surface area contributed by atoms with E-state index in [1.807, 2.05) is 6.92 Å². The molecule has 0 saturated carbocycles. The maximum absolute atomic E-state index is 11.9. The molecule has 1 rings (SSSR count). The van der Waals surface area contributed by atoms with Crippen LogP contribution in [0.25, 0.3) is 0 Å². The lowest BCUT2D eigenvalue weighted by Crippen LogP contribution is -2.32. The Morgan fingerprint density at radius 1 is 1.36 bits per heavy atom. The Balaban J connectivity index is 3.12. The van der Waals surface area contributed by atoms with Crippen LogP contribution < -0.4 is 16.0 Å². The molecule has 1 atom stereocenters. The summed E-state index contributed by atoms with van der Waals surface area (Å²) in [4.78, 5) is 22.4. The number of carbonyl (C=O) groups is 1. The largest absolute Gasteiger partial charge is 0.382 e. The molecule has 0 aliphatic heterocycles. The van der Waals surface area contributed by atoms with Gasteiger partial charge in [0.15, 0.2) is 22.5 Å². The van der Waals surface area contributed by atoms with Gasteiger partial charge < -0.3 is 16.0 Å². The summed E-state index contributed by atoms with van der Waals surface area (Å²) >= 11 is 6.25. The van der Waals surface area contributed by atoms with Gasteiger partial charge in [0.25, 0.3) is 5.91 Å². The van der Waals surface area contributed by atoms with Crippen LogP contribution in [0.1, 0.15) is 51.0 Å². The summed E-state index contributed by atoms with van der Waals surface area (Å²) in [7, 11) is 0. The summed E-state index contributed by atoms with van der Waals surface area (Å²) in [5.74, 6) is 0.809. The van der Waals surface area contributed by atoms with Crippen LogP contribution in [0.3, 0.4) is 0 Å². The number of nitrogens with two attached hydrogens (primary N) is 1. The van der Waals surface area contributed by atoms with Crippen molar-refractivity contribution in [3.63, 3.8) is 0 Å². The fourth-order valence-electron chi connectivity index (χ4n) is 2.09. The number of rotatable bonds is 8. The van der Waals surface area contributed by atoms with Gasteiger partial charge in [0.2, 0.25) is 0 Å². The van der Waals surface area contributed by atoms with Crippen molar-refractivity contribution < 1.29 is 4.79 Å². The Kier molecular flexibility index (Phi) is 7.38. The smallest absolute Gasteiger partial charge is 0.273 e. The second kappa shape index (κ2) is 8.78. The SMILES string of the molecule is CCCN(CC(C)CC)c1nc(N)c(C(=O)NCC)nc1Cl. The molecule has 0 saturated heterocycles. The zero-order valence-corrected chi connectivity index (χ0v) is 14.6. The maximum Gasteiger partial charge on any atom is 0.273 e. The minimum absolute atomic E-state index is 0.0792. The van der Waals surface area contributed by atoms with Gasteiger partial charge >= 0.3 is 0 Å². The molecule has 0 bridgehead atoms. The second-order valence-electron chi connectivity index (χ2n) is 5.39. The number of hydrogen-bond acceptors (Lipinski definition) is 5. The monoisotopic (exact) mass is 327 g/mol. The Morgan fingerprint density at radius 3 is 2.59 bits per heavy atom. The van der Waals surface area contributed by atoms with E-state index in [0.717, 1.165) is 25.9 Å². The zero-order valence-electron chi connectivity index (χ0n) is 13.8. The molecule has 6 nitrogen and oxygen atoms in total. The van der Waals surface area contributed by atoms with Gasteiger partial charge in [-0.25, -0.2) is 9.97 Å². The number of nitrogens with one attached hydrogen (secondary N) is 1. The topological polar surface area (TPSA) is 84.1 Å². The molecule has 0 radical (unpaired) electrons. The van der Waals surface area contributed by atoms with E-state index in [1.165, 1.54) is 0 Å². The molecule has 0 aromatic carbocycles. The molecule has 1 aromatic rings. The molecule has 0 spiro atoms. The first kappa shape index (κ1) is 18.5. The number of hydrogen-bond donors (Lipinski definition) is 2. The Morgan fingerprint density at radius 2 is 2.05 bits per heavy atom. The molecule has 0 aliphatic rings. The third kappa shape index (κ3) is 4.73. The van der Waals surface area contributed by atoms with Crippen molar-refractivity contribution >= 4 is 29.1 Å². The fraction of sp³-hybridized carbons (Fsp3) is 0.667. The molecule has 1 unspecified atom stereocenters. The van der Waals surface area contributed by atoms with Crippen LogP contribution in [0.2, 0.25) is 5.15 Å². The third-order valence-corrected chi connectivity index (χ3v) is 3.69. The Hall–Kier alpha value is -1.56. The summed E-state index contributed by atoms with van der Waals surface area (Å²) in [5, 5.41) is 2.87. The highest BCUT2D eigenvalue weighted by Crippen LogP contribution is 2.25. The predicted molar refractivity (Wildman–Crippen MR) is 91.4 cm³/mol. The van der Waals surface area contributed by atoms with Crippen molar-refractivity contribution in [1.29, 1.82) is 0 Å². The van der Waals surface area contributed by atoms with Gasteiger partial charge in [-0.3, -0.25) is 4.79 Å². The average Bonchev–Trinajstić information content (AvgIpc) is 2.48. The van der Waals surface area contributed by atoms with Crippen LogP contribution in [0.15, 0.2) is 0 Å². The van der Waals surface area contributed by atoms with E-state index < -0.39 is 0 Å². The Bertz CT molecular complexity index is 509. The number of nitrogens with zero attached hydrogens (tertiary/aromatic N) is 3. The van der Waals surface area contributed by atoms with Crippen molar-refractivity contribution in [3.05, 3.63) is 10.8 Å². The van der Waals surface area contributed by atoms with Gasteiger partial charge in [-0.2, -0.15) is 0 Å². The molecule has 22 heavy (non-hydrogen) atoms. The maximum atomic E-state index is 11.9. The molecular formula is C15H26ClN5O. The summed E-state index contributed by atoms with van der Waals surface area (Å²) in [6.45, 7) is 10.4. The zero-order chi connectivity index (χ0) is 16.7. The summed E-state index contributed by atoms with van der Waals surface area (Å²) in [6, 6.07) is 0. The first-order chi connectivity index (χ1) is 10.4. The first-order valence-electron chi connectivity index (χ1n) is 7.80. The average molecular weight is 328 g/mol. The first-order valence-corrected chi connectivity index (χ1v) is 8.18. The van der Waals surface area contributed by atoms with Crippen LogP contribution in [-0.2, 0) is 0 Å². The van der Waals surface area contributed by atoms with Crippen molar-refractivity contribution in [1.82, 2.24) is 15.3 Å². The molecule has 3 N–H and O–H groups in total. The van der Waals surface area contributed by atoms with Gasteiger partial charge in [0.1, 0.15) is 0 Å². The summed E-state index contributed by atoms with van der Waals surface area (Å²) < 4.78 is 0. The number of carbonyl (C=O) groups excluding carboxylic acids is 1. The van der Waals surface area contributed by atoms with Crippen LogP contribution in [-0.4, -0.2) is 35.5 Å². The summed E-state index contributed by atoms with van der Waals surface area (Å²) in [5.41, 5.74) is 5.98.